The normalized spacial score (nSPS) is 11.4. The van der Waals surface area contributed by atoms with Crippen LogP contribution >= 0.6 is 11.8 Å². The Labute approximate surface area is 118 Å². The third kappa shape index (κ3) is 5.21. The molecule has 0 aromatic heterocycles. The summed E-state index contributed by atoms with van der Waals surface area (Å²) in [4.78, 5) is 0. The van der Waals surface area contributed by atoms with Gasteiger partial charge in [0.15, 0.2) is 0 Å². The van der Waals surface area contributed by atoms with E-state index in [0.717, 1.165) is 11.3 Å². The van der Waals surface area contributed by atoms with Crippen molar-refractivity contribution in [1.29, 1.82) is 0 Å². The number of hydrogen-bond donors (Lipinski definition) is 1. The predicted octanol–water partition coefficient (Wildman–Crippen LogP) is 3.33. The molecular weight excluding hydrogens is 252 g/mol. The van der Waals surface area contributed by atoms with Gasteiger partial charge in [0.25, 0.3) is 0 Å². The summed E-state index contributed by atoms with van der Waals surface area (Å²) in [5.74, 6) is 7.39. The molecule has 0 saturated heterocycles. The molecule has 2 rings (SSSR count). The molecule has 2 aromatic carbocycles. The molecule has 2 heteroatoms. The summed E-state index contributed by atoms with van der Waals surface area (Å²) in [7, 11) is 0. The van der Waals surface area contributed by atoms with Crippen molar-refractivity contribution in [3.8, 4) is 11.8 Å². The van der Waals surface area contributed by atoms with Crippen LogP contribution in [0.15, 0.2) is 60.7 Å². The van der Waals surface area contributed by atoms with E-state index < -0.39 is 6.10 Å². The summed E-state index contributed by atoms with van der Waals surface area (Å²) < 4.78 is 0. The van der Waals surface area contributed by atoms with Gasteiger partial charge in [-0.15, -0.1) is 0 Å². The first-order valence-corrected chi connectivity index (χ1v) is 7.36. The van der Waals surface area contributed by atoms with E-state index in [2.05, 4.69) is 24.0 Å². The highest BCUT2D eigenvalue weighted by Gasteiger charge is 1.99. The molecule has 1 unspecified atom stereocenters. The number of aliphatic hydroxyl groups excluding tert-OH is 1. The van der Waals surface area contributed by atoms with Gasteiger partial charge in [-0.05, 0) is 17.7 Å². The largest absolute Gasteiger partial charge is 0.379 e. The van der Waals surface area contributed by atoms with Crippen LogP contribution in [0.3, 0.4) is 0 Å². The SMILES string of the molecule is OC(C#Cc1ccccc1)CSCc1ccccc1. The highest BCUT2D eigenvalue weighted by Crippen LogP contribution is 2.12. The fraction of sp³-hybridized carbons (Fsp3) is 0.176. The highest BCUT2D eigenvalue weighted by molar-refractivity contribution is 7.98. The van der Waals surface area contributed by atoms with Crippen LogP contribution in [0.4, 0.5) is 0 Å². The van der Waals surface area contributed by atoms with E-state index in [9.17, 15) is 5.11 Å². The molecule has 0 aliphatic rings. The minimum Gasteiger partial charge on any atom is -0.379 e. The van der Waals surface area contributed by atoms with Gasteiger partial charge in [0, 0.05) is 17.1 Å². The van der Waals surface area contributed by atoms with Crippen molar-refractivity contribution in [2.45, 2.75) is 11.9 Å². The second kappa shape index (κ2) is 7.68. The standard InChI is InChI=1S/C17H16OS/c18-17(12-11-15-7-3-1-4-8-15)14-19-13-16-9-5-2-6-10-16/h1-10,17-18H,13-14H2. The van der Waals surface area contributed by atoms with Crippen LogP contribution in [0.1, 0.15) is 11.1 Å². The Morgan fingerprint density at radius 2 is 1.58 bits per heavy atom. The van der Waals surface area contributed by atoms with Crippen molar-refractivity contribution >= 4 is 11.8 Å². The van der Waals surface area contributed by atoms with Crippen molar-refractivity contribution in [3.05, 3.63) is 71.8 Å². The van der Waals surface area contributed by atoms with Crippen LogP contribution in [0, 0.1) is 11.8 Å². The number of aliphatic hydroxyl groups is 1. The summed E-state index contributed by atoms with van der Waals surface area (Å²) in [6, 6.07) is 20.0. The first kappa shape index (κ1) is 13.7. The monoisotopic (exact) mass is 268 g/mol. The zero-order chi connectivity index (χ0) is 13.3. The van der Waals surface area contributed by atoms with Gasteiger partial charge in [-0.1, -0.05) is 60.4 Å². The highest BCUT2D eigenvalue weighted by atomic mass is 32.2. The molecule has 0 heterocycles. The van der Waals surface area contributed by atoms with Crippen LogP contribution in [0.2, 0.25) is 0 Å². The van der Waals surface area contributed by atoms with Crippen molar-refractivity contribution in [2.75, 3.05) is 5.75 Å². The Kier molecular flexibility index (Phi) is 5.55. The lowest BCUT2D eigenvalue weighted by Gasteiger charge is -2.03. The summed E-state index contributed by atoms with van der Waals surface area (Å²) in [6.45, 7) is 0. The van der Waals surface area contributed by atoms with Crippen LogP contribution in [-0.2, 0) is 5.75 Å². The maximum Gasteiger partial charge on any atom is 0.124 e. The van der Waals surface area contributed by atoms with E-state index >= 15 is 0 Å². The van der Waals surface area contributed by atoms with Gasteiger partial charge in [0.05, 0.1) is 0 Å². The molecule has 0 saturated carbocycles. The Morgan fingerprint density at radius 3 is 2.26 bits per heavy atom. The predicted molar refractivity (Wildman–Crippen MR) is 81.9 cm³/mol. The van der Waals surface area contributed by atoms with Crippen LogP contribution in [0.25, 0.3) is 0 Å². The van der Waals surface area contributed by atoms with Gasteiger partial charge in [-0.2, -0.15) is 11.8 Å². The zero-order valence-electron chi connectivity index (χ0n) is 10.6. The summed E-state index contributed by atoms with van der Waals surface area (Å²) in [5, 5.41) is 9.79. The minimum atomic E-state index is -0.575. The Balaban J connectivity index is 1.76. The first-order chi connectivity index (χ1) is 9.34. The van der Waals surface area contributed by atoms with Crippen molar-refractivity contribution < 1.29 is 5.11 Å². The maximum atomic E-state index is 9.79. The summed E-state index contributed by atoms with van der Waals surface area (Å²) in [6.07, 6.45) is -0.575. The molecule has 2 aromatic rings. The molecule has 0 aliphatic carbocycles. The van der Waals surface area contributed by atoms with Gasteiger partial charge in [0.1, 0.15) is 6.10 Å². The molecule has 1 atom stereocenters. The lowest BCUT2D eigenvalue weighted by atomic mass is 10.2. The van der Waals surface area contributed by atoms with Gasteiger partial charge in [0.2, 0.25) is 0 Å². The van der Waals surface area contributed by atoms with E-state index in [4.69, 9.17) is 0 Å². The second-order valence-corrected chi connectivity index (χ2v) is 5.18. The number of thioether (sulfide) groups is 1. The zero-order valence-corrected chi connectivity index (χ0v) is 11.4. The molecule has 0 spiro atoms. The van der Waals surface area contributed by atoms with Crippen LogP contribution in [0.5, 0.6) is 0 Å². The van der Waals surface area contributed by atoms with E-state index in [-0.39, 0.29) is 0 Å². The number of rotatable bonds is 4. The molecule has 0 bridgehead atoms. The molecule has 1 N–H and O–H groups in total. The van der Waals surface area contributed by atoms with E-state index in [1.165, 1.54) is 5.56 Å². The molecule has 0 fully saturated rings. The Hall–Kier alpha value is -1.69. The third-order valence-electron chi connectivity index (χ3n) is 2.54. The van der Waals surface area contributed by atoms with Crippen molar-refractivity contribution in [1.82, 2.24) is 0 Å². The fourth-order valence-corrected chi connectivity index (χ4v) is 2.45. The smallest absolute Gasteiger partial charge is 0.124 e. The first-order valence-electron chi connectivity index (χ1n) is 6.21. The van der Waals surface area contributed by atoms with E-state index in [1.807, 2.05) is 48.5 Å². The lowest BCUT2D eigenvalue weighted by Crippen LogP contribution is -2.06. The fourth-order valence-electron chi connectivity index (χ4n) is 1.59. The van der Waals surface area contributed by atoms with Crippen LogP contribution in [-0.4, -0.2) is 17.0 Å². The van der Waals surface area contributed by atoms with Gasteiger partial charge < -0.3 is 5.11 Å². The maximum absolute atomic E-state index is 9.79. The van der Waals surface area contributed by atoms with Crippen molar-refractivity contribution in [3.63, 3.8) is 0 Å². The van der Waals surface area contributed by atoms with Gasteiger partial charge in [-0.3, -0.25) is 0 Å². The molecule has 96 valence electrons. The molecular formula is C17H16OS. The quantitative estimate of drug-likeness (QED) is 0.858. The van der Waals surface area contributed by atoms with Crippen LogP contribution < -0.4 is 0 Å². The Bertz CT molecular complexity index is 540. The third-order valence-corrected chi connectivity index (χ3v) is 3.63. The average Bonchev–Trinajstić information content (AvgIpc) is 2.47. The molecule has 1 nitrogen and oxygen atoms in total. The van der Waals surface area contributed by atoms with Crippen molar-refractivity contribution in [2.24, 2.45) is 0 Å². The van der Waals surface area contributed by atoms with Gasteiger partial charge in [-0.25, -0.2) is 0 Å². The summed E-state index contributed by atoms with van der Waals surface area (Å²) >= 11 is 1.70. The average molecular weight is 268 g/mol. The number of hydrogen-bond acceptors (Lipinski definition) is 2. The van der Waals surface area contributed by atoms with Gasteiger partial charge >= 0.3 is 0 Å². The molecule has 0 aliphatic heterocycles. The number of benzene rings is 2. The topological polar surface area (TPSA) is 20.2 Å². The molecule has 19 heavy (non-hydrogen) atoms. The molecule has 0 radical (unpaired) electrons. The van der Waals surface area contributed by atoms with E-state index in [0.29, 0.717) is 5.75 Å². The Morgan fingerprint density at radius 1 is 0.947 bits per heavy atom. The second-order valence-electron chi connectivity index (χ2n) is 4.15. The summed E-state index contributed by atoms with van der Waals surface area (Å²) in [5.41, 5.74) is 2.21. The molecule has 0 amide bonds. The lowest BCUT2D eigenvalue weighted by molar-refractivity contribution is 0.258. The van der Waals surface area contributed by atoms with E-state index in [1.54, 1.807) is 11.8 Å². The minimum absolute atomic E-state index is 0.575.